The van der Waals surface area contributed by atoms with Gasteiger partial charge in [0.2, 0.25) is 0 Å². The summed E-state index contributed by atoms with van der Waals surface area (Å²) >= 11 is 2.32. The SMILES string of the molecule is Cc1ccc(CC(N)Cc2ccc(I)cc2)cc1C. The van der Waals surface area contributed by atoms with Crippen molar-refractivity contribution < 1.29 is 0 Å². The van der Waals surface area contributed by atoms with Gasteiger partial charge in [-0.25, -0.2) is 0 Å². The van der Waals surface area contributed by atoms with Crippen LogP contribution in [0.15, 0.2) is 42.5 Å². The van der Waals surface area contributed by atoms with Gasteiger partial charge in [0.25, 0.3) is 0 Å². The van der Waals surface area contributed by atoms with Crippen LogP contribution in [-0.4, -0.2) is 6.04 Å². The molecule has 1 unspecified atom stereocenters. The molecule has 0 spiro atoms. The van der Waals surface area contributed by atoms with Crippen LogP contribution in [0.4, 0.5) is 0 Å². The van der Waals surface area contributed by atoms with Gasteiger partial charge in [0, 0.05) is 9.61 Å². The van der Waals surface area contributed by atoms with Gasteiger partial charge in [-0.2, -0.15) is 0 Å². The summed E-state index contributed by atoms with van der Waals surface area (Å²) in [6, 6.07) is 15.4. The smallest absolute Gasteiger partial charge is 0.0130 e. The summed E-state index contributed by atoms with van der Waals surface area (Å²) < 4.78 is 1.27. The molecule has 2 aromatic carbocycles. The molecular weight excluding hydrogens is 345 g/mol. The Labute approximate surface area is 129 Å². The maximum atomic E-state index is 6.26. The first-order chi connectivity index (χ1) is 9.04. The van der Waals surface area contributed by atoms with Gasteiger partial charge in [-0.1, -0.05) is 30.3 Å². The molecule has 0 saturated heterocycles. The minimum atomic E-state index is 0.183. The molecule has 100 valence electrons. The molecule has 2 aromatic rings. The Morgan fingerprint density at radius 3 is 2.11 bits per heavy atom. The minimum Gasteiger partial charge on any atom is -0.327 e. The molecule has 2 rings (SSSR count). The maximum Gasteiger partial charge on any atom is 0.0130 e. The van der Waals surface area contributed by atoms with E-state index in [9.17, 15) is 0 Å². The van der Waals surface area contributed by atoms with Gasteiger partial charge < -0.3 is 5.73 Å². The molecule has 1 nitrogen and oxygen atoms in total. The standard InChI is InChI=1S/C17H20IN/c1-12-3-4-15(9-13(12)2)11-17(19)10-14-5-7-16(18)8-6-14/h3-9,17H,10-11,19H2,1-2H3. The summed E-state index contributed by atoms with van der Waals surface area (Å²) in [4.78, 5) is 0. The normalized spacial score (nSPS) is 12.4. The summed E-state index contributed by atoms with van der Waals surface area (Å²) in [7, 11) is 0. The third-order valence-corrected chi connectivity index (χ3v) is 4.20. The topological polar surface area (TPSA) is 26.0 Å². The second-order valence-electron chi connectivity index (χ2n) is 5.21. The molecular formula is C17H20IN. The molecule has 0 amide bonds. The third kappa shape index (κ3) is 4.32. The highest BCUT2D eigenvalue weighted by Crippen LogP contribution is 2.13. The first-order valence-corrected chi connectivity index (χ1v) is 7.68. The van der Waals surface area contributed by atoms with Crippen molar-refractivity contribution >= 4 is 22.6 Å². The highest BCUT2D eigenvalue weighted by atomic mass is 127. The zero-order valence-corrected chi connectivity index (χ0v) is 13.6. The van der Waals surface area contributed by atoms with Crippen LogP contribution in [0.25, 0.3) is 0 Å². The van der Waals surface area contributed by atoms with E-state index in [2.05, 4.69) is 78.9 Å². The Morgan fingerprint density at radius 2 is 1.47 bits per heavy atom. The first-order valence-electron chi connectivity index (χ1n) is 6.61. The van der Waals surface area contributed by atoms with Crippen LogP contribution in [0.5, 0.6) is 0 Å². The molecule has 19 heavy (non-hydrogen) atoms. The number of hydrogen-bond donors (Lipinski definition) is 1. The predicted molar refractivity (Wildman–Crippen MR) is 90.5 cm³/mol. The van der Waals surface area contributed by atoms with Crippen LogP contribution < -0.4 is 5.73 Å². The fourth-order valence-electron chi connectivity index (χ4n) is 2.23. The van der Waals surface area contributed by atoms with Gasteiger partial charge in [0.15, 0.2) is 0 Å². The Bertz CT molecular complexity index is 546. The molecule has 0 aromatic heterocycles. The average Bonchev–Trinajstić information content (AvgIpc) is 2.37. The maximum absolute atomic E-state index is 6.26. The Hall–Kier alpha value is -0.870. The molecule has 0 bridgehead atoms. The monoisotopic (exact) mass is 365 g/mol. The Morgan fingerprint density at radius 1 is 0.895 bits per heavy atom. The first kappa shape index (κ1) is 14.5. The zero-order chi connectivity index (χ0) is 13.8. The molecule has 0 aliphatic carbocycles. The predicted octanol–water partition coefficient (Wildman–Crippen LogP) is 4.02. The van der Waals surface area contributed by atoms with Crippen LogP contribution >= 0.6 is 22.6 Å². The van der Waals surface area contributed by atoms with Crippen molar-refractivity contribution in [2.24, 2.45) is 5.73 Å². The number of hydrogen-bond acceptors (Lipinski definition) is 1. The van der Waals surface area contributed by atoms with E-state index in [1.54, 1.807) is 0 Å². The van der Waals surface area contributed by atoms with Crippen molar-refractivity contribution in [1.29, 1.82) is 0 Å². The zero-order valence-electron chi connectivity index (χ0n) is 11.5. The molecule has 0 radical (unpaired) electrons. The lowest BCUT2D eigenvalue weighted by atomic mass is 9.97. The van der Waals surface area contributed by atoms with Crippen molar-refractivity contribution in [3.63, 3.8) is 0 Å². The number of aryl methyl sites for hydroxylation is 2. The molecule has 0 heterocycles. The molecule has 0 fully saturated rings. The van der Waals surface area contributed by atoms with Gasteiger partial charge in [-0.3, -0.25) is 0 Å². The number of rotatable bonds is 4. The second kappa shape index (κ2) is 6.53. The van der Waals surface area contributed by atoms with Gasteiger partial charge in [0.1, 0.15) is 0 Å². The van der Waals surface area contributed by atoms with Gasteiger partial charge in [0.05, 0.1) is 0 Å². The fraction of sp³-hybridized carbons (Fsp3) is 0.294. The third-order valence-electron chi connectivity index (χ3n) is 3.48. The van der Waals surface area contributed by atoms with E-state index in [-0.39, 0.29) is 6.04 Å². The second-order valence-corrected chi connectivity index (χ2v) is 6.46. The molecule has 1 atom stereocenters. The van der Waals surface area contributed by atoms with E-state index in [1.807, 2.05) is 0 Å². The van der Waals surface area contributed by atoms with E-state index in [0.717, 1.165) is 12.8 Å². The molecule has 2 N–H and O–H groups in total. The van der Waals surface area contributed by atoms with Crippen LogP contribution in [0, 0.1) is 17.4 Å². The minimum absolute atomic E-state index is 0.183. The summed E-state index contributed by atoms with van der Waals surface area (Å²) in [5.74, 6) is 0. The van der Waals surface area contributed by atoms with Gasteiger partial charge in [-0.05, 0) is 83.7 Å². The lowest BCUT2D eigenvalue weighted by Crippen LogP contribution is -2.25. The van der Waals surface area contributed by atoms with Crippen molar-refractivity contribution in [3.05, 3.63) is 68.3 Å². The highest BCUT2D eigenvalue weighted by molar-refractivity contribution is 14.1. The van der Waals surface area contributed by atoms with Crippen molar-refractivity contribution in [2.45, 2.75) is 32.7 Å². The summed E-state index contributed by atoms with van der Waals surface area (Å²) in [6.45, 7) is 4.30. The van der Waals surface area contributed by atoms with Crippen LogP contribution in [0.1, 0.15) is 22.3 Å². The van der Waals surface area contributed by atoms with E-state index < -0.39 is 0 Å². The van der Waals surface area contributed by atoms with Crippen molar-refractivity contribution in [2.75, 3.05) is 0 Å². The Kier molecular flexibility index (Phi) is 4.99. The average molecular weight is 365 g/mol. The molecule has 2 heteroatoms. The van der Waals surface area contributed by atoms with Crippen LogP contribution in [0.2, 0.25) is 0 Å². The van der Waals surface area contributed by atoms with Crippen LogP contribution in [-0.2, 0) is 12.8 Å². The number of benzene rings is 2. The molecule has 0 saturated carbocycles. The Balaban J connectivity index is 1.98. The summed E-state index contributed by atoms with van der Waals surface area (Å²) in [6.07, 6.45) is 1.87. The summed E-state index contributed by atoms with van der Waals surface area (Å²) in [5, 5.41) is 0. The van der Waals surface area contributed by atoms with E-state index >= 15 is 0 Å². The van der Waals surface area contributed by atoms with Gasteiger partial charge >= 0.3 is 0 Å². The lowest BCUT2D eigenvalue weighted by molar-refractivity contribution is 0.664. The van der Waals surface area contributed by atoms with Gasteiger partial charge in [-0.15, -0.1) is 0 Å². The van der Waals surface area contributed by atoms with E-state index in [1.165, 1.54) is 25.8 Å². The van der Waals surface area contributed by atoms with Crippen molar-refractivity contribution in [1.82, 2.24) is 0 Å². The van der Waals surface area contributed by atoms with E-state index in [4.69, 9.17) is 5.73 Å². The van der Waals surface area contributed by atoms with Crippen molar-refractivity contribution in [3.8, 4) is 0 Å². The number of halogens is 1. The summed E-state index contributed by atoms with van der Waals surface area (Å²) in [5.41, 5.74) is 11.6. The highest BCUT2D eigenvalue weighted by Gasteiger charge is 2.06. The fourth-order valence-corrected chi connectivity index (χ4v) is 2.59. The lowest BCUT2D eigenvalue weighted by Gasteiger charge is -2.13. The quantitative estimate of drug-likeness (QED) is 0.814. The molecule has 0 aliphatic rings. The van der Waals surface area contributed by atoms with E-state index in [0.29, 0.717) is 0 Å². The largest absolute Gasteiger partial charge is 0.327 e. The number of nitrogens with two attached hydrogens (primary N) is 1. The molecule has 0 aliphatic heterocycles. The van der Waals surface area contributed by atoms with Crippen LogP contribution in [0.3, 0.4) is 0 Å².